The zero-order valence-corrected chi connectivity index (χ0v) is 21.5. The minimum Gasteiger partial charge on any atom is -0.478 e. The second kappa shape index (κ2) is 9.24. The van der Waals surface area contributed by atoms with E-state index in [9.17, 15) is 9.90 Å². The molecule has 3 heterocycles. The molecule has 5 rings (SSSR count). The van der Waals surface area contributed by atoms with E-state index < -0.39 is 5.97 Å². The molecule has 0 aliphatic carbocycles. The van der Waals surface area contributed by atoms with Crippen LogP contribution in [-0.2, 0) is 0 Å². The fourth-order valence-corrected chi connectivity index (χ4v) is 5.62. The van der Waals surface area contributed by atoms with Crippen molar-refractivity contribution in [2.45, 2.75) is 39.8 Å². The van der Waals surface area contributed by atoms with Crippen LogP contribution in [0.1, 0.15) is 56.2 Å². The Kier molecular flexibility index (Phi) is 6.10. The van der Waals surface area contributed by atoms with Crippen molar-refractivity contribution in [2.24, 2.45) is 0 Å². The van der Waals surface area contributed by atoms with E-state index in [0.717, 1.165) is 34.0 Å². The van der Waals surface area contributed by atoms with E-state index >= 15 is 0 Å². The van der Waals surface area contributed by atoms with Crippen LogP contribution >= 0.6 is 12.2 Å². The third-order valence-corrected chi connectivity index (χ3v) is 7.06. The molecule has 182 valence electrons. The smallest absolute Gasteiger partial charge is 0.335 e. The van der Waals surface area contributed by atoms with E-state index in [-0.39, 0.29) is 17.6 Å². The number of anilines is 1. The number of aromatic nitrogens is 2. The van der Waals surface area contributed by atoms with E-state index in [2.05, 4.69) is 71.7 Å². The van der Waals surface area contributed by atoms with E-state index in [1.165, 1.54) is 11.1 Å². The van der Waals surface area contributed by atoms with Gasteiger partial charge in [-0.05, 0) is 111 Å². The summed E-state index contributed by atoms with van der Waals surface area (Å²) in [5.74, 6) is -0.934. The van der Waals surface area contributed by atoms with Crippen LogP contribution in [-0.4, -0.2) is 25.7 Å². The topological polar surface area (TPSA) is 70.4 Å². The van der Waals surface area contributed by atoms with E-state index in [4.69, 9.17) is 12.2 Å². The van der Waals surface area contributed by atoms with Crippen LogP contribution in [0.4, 0.5) is 5.69 Å². The van der Waals surface area contributed by atoms with Gasteiger partial charge in [0.25, 0.3) is 0 Å². The van der Waals surface area contributed by atoms with Crippen LogP contribution < -0.4 is 10.2 Å². The molecule has 4 aromatic rings. The first-order valence-corrected chi connectivity index (χ1v) is 12.3. The molecule has 1 aliphatic heterocycles. The molecule has 7 heteroatoms. The number of thiocarbonyl (C=S) groups is 1. The van der Waals surface area contributed by atoms with Gasteiger partial charge in [-0.2, -0.15) is 0 Å². The van der Waals surface area contributed by atoms with Gasteiger partial charge in [0.1, 0.15) is 0 Å². The van der Waals surface area contributed by atoms with Crippen molar-refractivity contribution < 1.29 is 9.90 Å². The van der Waals surface area contributed by atoms with Gasteiger partial charge < -0.3 is 19.9 Å². The van der Waals surface area contributed by atoms with E-state index in [0.29, 0.717) is 5.11 Å². The lowest BCUT2D eigenvalue weighted by molar-refractivity contribution is 0.0697. The molecule has 2 aromatic carbocycles. The lowest BCUT2D eigenvalue weighted by atomic mass is 9.96. The number of nitrogens with zero attached hydrogens (tertiary/aromatic N) is 3. The molecular formula is C29H28N4O2S. The van der Waals surface area contributed by atoms with Gasteiger partial charge in [-0.1, -0.05) is 12.1 Å². The van der Waals surface area contributed by atoms with Gasteiger partial charge in [-0.3, -0.25) is 4.98 Å². The average Bonchev–Trinajstić information content (AvgIpc) is 3.34. The van der Waals surface area contributed by atoms with Crippen molar-refractivity contribution >= 4 is 29.0 Å². The van der Waals surface area contributed by atoms with Crippen molar-refractivity contribution in [3.8, 4) is 5.69 Å². The Balaban J connectivity index is 1.67. The number of pyridine rings is 1. The maximum atomic E-state index is 11.3. The molecular weight excluding hydrogens is 468 g/mol. The molecule has 2 aromatic heterocycles. The number of rotatable bonds is 5. The molecule has 0 amide bonds. The van der Waals surface area contributed by atoms with Crippen LogP contribution in [0.5, 0.6) is 0 Å². The Morgan fingerprint density at radius 2 is 1.64 bits per heavy atom. The highest BCUT2D eigenvalue weighted by molar-refractivity contribution is 7.80. The third-order valence-electron chi connectivity index (χ3n) is 6.74. The van der Waals surface area contributed by atoms with Gasteiger partial charge >= 0.3 is 5.97 Å². The summed E-state index contributed by atoms with van der Waals surface area (Å²) >= 11 is 5.90. The molecule has 6 nitrogen and oxygen atoms in total. The minimum absolute atomic E-state index is 0.119. The Morgan fingerprint density at radius 1 is 0.944 bits per heavy atom. The zero-order chi connectivity index (χ0) is 25.6. The van der Waals surface area contributed by atoms with Gasteiger partial charge in [-0.15, -0.1) is 0 Å². The highest BCUT2D eigenvalue weighted by Gasteiger charge is 2.42. The van der Waals surface area contributed by atoms with Gasteiger partial charge in [0.2, 0.25) is 0 Å². The molecule has 1 fully saturated rings. The molecule has 0 unspecified atom stereocenters. The van der Waals surface area contributed by atoms with Crippen LogP contribution in [0.3, 0.4) is 0 Å². The quantitative estimate of drug-likeness (QED) is 0.331. The number of hydrogen-bond donors (Lipinski definition) is 2. The van der Waals surface area contributed by atoms with Crippen molar-refractivity contribution in [1.82, 2.24) is 14.9 Å². The van der Waals surface area contributed by atoms with Crippen LogP contribution in [0.2, 0.25) is 0 Å². The summed E-state index contributed by atoms with van der Waals surface area (Å²) in [4.78, 5) is 18.2. The van der Waals surface area contributed by atoms with Crippen molar-refractivity contribution in [3.05, 3.63) is 112 Å². The molecule has 1 aliphatic rings. The molecule has 0 radical (unpaired) electrons. The van der Waals surface area contributed by atoms with Gasteiger partial charge in [0, 0.05) is 29.0 Å². The predicted octanol–water partition coefficient (Wildman–Crippen LogP) is 5.98. The van der Waals surface area contributed by atoms with Crippen molar-refractivity contribution in [3.63, 3.8) is 0 Å². The number of benzene rings is 2. The Bertz CT molecular complexity index is 1440. The molecule has 0 spiro atoms. The maximum Gasteiger partial charge on any atom is 0.335 e. The third kappa shape index (κ3) is 4.16. The first-order chi connectivity index (χ1) is 17.2. The second-order valence-electron chi connectivity index (χ2n) is 9.36. The number of carboxylic acids is 1. The fraction of sp³-hybridized carbons (Fsp3) is 0.207. The van der Waals surface area contributed by atoms with E-state index in [1.54, 1.807) is 12.1 Å². The van der Waals surface area contributed by atoms with Crippen LogP contribution in [0.25, 0.3) is 5.69 Å². The average molecular weight is 497 g/mol. The monoisotopic (exact) mass is 496 g/mol. The number of carbonyl (C=O) groups is 1. The zero-order valence-electron chi connectivity index (χ0n) is 20.7. The van der Waals surface area contributed by atoms with Gasteiger partial charge in [0.15, 0.2) is 5.11 Å². The number of nitrogens with one attached hydrogen (secondary N) is 1. The Hall–Kier alpha value is -3.97. The minimum atomic E-state index is -0.934. The number of hydrogen-bond acceptors (Lipinski definition) is 3. The van der Waals surface area contributed by atoms with Crippen molar-refractivity contribution in [2.75, 3.05) is 4.90 Å². The molecule has 0 bridgehead atoms. The number of aromatic carboxylic acids is 1. The Morgan fingerprint density at radius 3 is 2.25 bits per heavy atom. The normalized spacial score (nSPS) is 17.3. The lowest BCUT2D eigenvalue weighted by Crippen LogP contribution is -2.29. The first kappa shape index (κ1) is 23.8. The Labute approximate surface area is 216 Å². The number of aryl methyl sites for hydroxylation is 3. The van der Waals surface area contributed by atoms with Crippen LogP contribution in [0.15, 0.2) is 72.9 Å². The molecule has 2 atom stereocenters. The van der Waals surface area contributed by atoms with Crippen molar-refractivity contribution in [1.29, 1.82) is 0 Å². The summed E-state index contributed by atoms with van der Waals surface area (Å²) in [6, 6.07) is 21.4. The molecule has 2 N–H and O–H groups in total. The van der Waals surface area contributed by atoms with Gasteiger partial charge in [-0.25, -0.2) is 4.79 Å². The summed E-state index contributed by atoms with van der Waals surface area (Å²) in [6.07, 6.45) is 1.81. The fourth-order valence-electron chi connectivity index (χ4n) is 5.28. The second-order valence-corrected chi connectivity index (χ2v) is 9.74. The molecule has 1 saturated heterocycles. The summed E-state index contributed by atoms with van der Waals surface area (Å²) in [5, 5.41) is 13.5. The summed E-state index contributed by atoms with van der Waals surface area (Å²) in [5.41, 5.74) is 8.78. The highest BCUT2D eigenvalue weighted by atomic mass is 32.1. The summed E-state index contributed by atoms with van der Waals surface area (Å²) in [6.45, 7) is 8.37. The first-order valence-electron chi connectivity index (χ1n) is 11.9. The standard InChI is InChI=1S/C29H28N4O2S/c1-17-13-18(2)15-23(14-17)33-27(26(31-29(33)36)25-7-5-6-12-30-25)24-16-19(3)32(20(24)4)22-10-8-21(9-11-22)28(34)35/h5-16,26-27H,1-4H3,(H,31,36)(H,34,35)/t26-,27-/m1/s1. The summed E-state index contributed by atoms with van der Waals surface area (Å²) < 4.78 is 2.16. The maximum absolute atomic E-state index is 11.3. The molecule has 0 saturated carbocycles. The van der Waals surface area contributed by atoms with Gasteiger partial charge in [0.05, 0.1) is 23.3 Å². The van der Waals surface area contributed by atoms with E-state index in [1.807, 2.05) is 36.5 Å². The highest BCUT2D eigenvalue weighted by Crippen LogP contribution is 2.44. The predicted molar refractivity (Wildman–Crippen MR) is 146 cm³/mol. The molecule has 36 heavy (non-hydrogen) atoms. The number of carboxylic acid groups (broad SMARTS) is 1. The lowest BCUT2D eigenvalue weighted by Gasteiger charge is -2.29. The summed E-state index contributed by atoms with van der Waals surface area (Å²) in [7, 11) is 0. The van der Waals surface area contributed by atoms with Crippen LogP contribution in [0, 0.1) is 27.7 Å². The largest absolute Gasteiger partial charge is 0.478 e. The SMILES string of the molecule is Cc1cc(C)cc(N2C(=S)N[C@H](c3ccccn3)[C@H]2c2cc(C)n(-c3ccc(C(=O)O)cc3)c2C)c1.